The summed E-state index contributed by atoms with van der Waals surface area (Å²) in [5.74, 6) is 0.332. The maximum Gasteiger partial charge on any atom is 0.243 e. The van der Waals surface area contributed by atoms with Crippen molar-refractivity contribution >= 4 is 17.7 Å². The summed E-state index contributed by atoms with van der Waals surface area (Å²) < 4.78 is 10.5. The van der Waals surface area contributed by atoms with E-state index in [0.29, 0.717) is 30.2 Å². The molecule has 3 amide bonds. The minimum absolute atomic E-state index is 0.0617. The number of methoxy groups -OCH3 is 2. The van der Waals surface area contributed by atoms with Crippen LogP contribution in [0.5, 0.6) is 11.5 Å². The van der Waals surface area contributed by atoms with Crippen LogP contribution in [0, 0.1) is 0 Å². The molecule has 1 aromatic carbocycles. The molecule has 1 atom stereocenters. The number of benzene rings is 1. The molecule has 2 N–H and O–H groups in total. The van der Waals surface area contributed by atoms with E-state index in [1.165, 1.54) is 19.1 Å². The summed E-state index contributed by atoms with van der Waals surface area (Å²) in [5, 5.41) is 5.18. The van der Waals surface area contributed by atoms with Gasteiger partial charge in [0, 0.05) is 31.8 Å². The van der Waals surface area contributed by atoms with E-state index in [-0.39, 0.29) is 30.6 Å². The standard InChI is InChI=1S/C17H23N3O5/c1-18-15(21)10-13-17(23)19-6-7-20(13)16(22)8-11-4-5-12(24-2)9-14(11)25-3/h4-5,9,13H,6-8,10H2,1-3H3,(H,18,21)(H,19,23)/t13-/m0/s1. The van der Waals surface area contributed by atoms with Crippen molar-refractivity contribution in [3.05, 3.63) is 23.8 Å². The predicted octanol–water partition coefficient (Wildman–Crippen LogP) is -0.291. The summed E-state index contributed by atoms with van der Waals surface area (Å²) in [6.07, 6.45) is 0.0124. The van der Waals surface area contributed by atoms with Crippen LogP contribution in [-0.2, 0) is 20.8 Å². The molecule has 8 heteroatoms. The van der Waals surface area contributed by atoms with Crippen molar-refractivity contribution < 1.29 is 23.9 Å². The van der Waals surface area contributed by atoms with Crippen molar-refractivity contribution in [2.45, 2.75) is 18.9 Å². The van der Waals surface area contributed by atoms with Crippen LogP contribution in [0.3, 0.4) is 0 Å². The molecular weight excluding hydrogens is 326 g/mol. The average Bonchev–Trinajstić information content (AvgIpc) is 2.63. The summed E-state index contributed by atoms with van der Waals surface area (Å²) in [5.41, 5.74) is 0.693. The molecule has 25 heavy (non-hydrogen) atoms. The molecule has 1 aromatic rings. The first kappa shape index (κ1) is 18.6. The Hall–Kier alpha value is -2.77. The first-order valence-electron chi connectivity index (χ1n) is 7.98. The van der Waals surface area contributed by atoms with Crippen molar-refractivity contribution in [3.8, 4) is 11.5 Å². The number of nitrogens with one attached hydrogen (secondary N) is 2. The lowest BCUT2D eigenvalue weighted by Gasteiger charge is -2.34. The third kappa shape index (κ3) is 4.40. The molecule has 0 unspecified atom stereocenters. The van der Waals surface area contributed by atoms with Crippen molar-refractivity contribution in [1.29, 1.82) is 0 Å². The second-order valence-electron chi connectivity index (χ2n) is 5.63. The monoisotopic (exact) mass is 349 g/mol. The summed E-state index contributed by atoms with van der Waals surface area (Å²) in [6, 6.07) is 4.40. The SMILES string of the molecule is CNC(=O)C[C@H]1C(=O)NCCN1C(=O)Cc1ccc(OC)cc1OC. The van der Waals surface area contributed by atoms with E-state index in [1.54, 1.807) is 25.3 Å². The minimum atomic E-state index is -0.801. The van der Waals surface area contributed by atoms with E-state index in [0.717, 1.165) is 0 Å². The van der Waals surface area contributed by atoms with Crippen molar-refractivity contribution in [1.82, 2.24) is 15.5 Å². The molecule has 1 aliphatic heterocycles. The molecule has 1 fully saturated rings. The Morgan fingerprint density at radius 1 is 1.32 bits per heavy atom. The number of amides is 3. The van der Waals surface area contributed by atoms with Gasteiger partial charge < -0.3 is 25.0 Å². The fourth-order valence-electron chi connectivity index (χ4n) is 2.76. The minimum Gasteiger partial charge on any atom is -0.497 e. The summed E-state index contributed by atoms with van der Waals surface area (Å²) in [4.78, 5) is 38.0. The highest BCUT2D eigenvalue weighted by molar-refractivity contribution is 5.93. The van der Waals surface area contributed by atoms with Gasteiger partial charge in [0.15, 0.2) is 0 Å². The maximum atomic E-state index is 12.7. The smallest absolute Gasteiger partial charge is 0.243 e. The van der Waals surface area contributed by atoms with Crippen LogP contribution >= 0.6 is 0 Å². The van der Waals surface area contributed by atoms with Gasteiger partial charge >= 0.3 is 0 Å². The molecule has 1 heterocycles. The van der Waals surface area contributed by atoms with Crippen LogP contribution < -0.4 is 20.1 Å². The van der Waals surface area contributed by atoms with Gasteiger partial charge in [-0.2, -0.15) is 0 Å². The largest absolute Gasteiger partial charge is 0.497 e. The molecule has 0 radical (unpaired) electrons. The van der Waals surface area contributed by atoms with Gasteiger partial charge in [0.05, 0.1) is 27.1 Å². The van der Waals surface area contributed by atoms with Crippen LogP contribution in [0.2, 0.25) is 0 Å². The van der Waals surface area contributed by atoms with E-state index in [9.17, 15) is 14.4 Å². The summed E-state index contributed by atoms with van der Waals surface area (Å²) in [7, 11) is 4.57. The van der Waals surface area contributed by atoms with Gasteiger partial charge in [0.1, 0.15) is 17.5 Å². The number of piperazine rings is 1. The lowest BCUT2D eigenvalue weighted by Crippen LogP contribution is -2.58. The Morgan fingerprint density at radius 2 is 2.08 bits per heavy atom. The average molecular weight is 349 g/mol. The van der Waals surface area contributed by atoms with Gasteiger partial charge in [-0.3, -0.25) is 14.4 Å². The molecule has 8 nitrogen and oxygen atoms in total. The van der Waals surface area contributed by atoms with Gasteiger partial charge in [-0.05, 0) is 6.07 Å². The molecule has 0 spiro atoms. The second-order valence-corrected chi connectivity index (χ2v) is 5.63. The molecule has 0 aliphatic carbocycles. The van der Waals surface area contributed by atoms with Crippen molar-refractivity contribution in [3.63, 3.8) is 0 Å². The van der Waals surface area contributed by atoms with E-state index in [2.05, 4.69) is 10.6 Å². The maximum absolute atomic E-state index is 12.7. The topological polar surface area (TPSA) is 97.0 Å². The summed E-state index contributed by atoms with van der Waals surface area (Å²) in [6.45, 7) is 0.735. The van der Waals surface area contributed by atoms with E-state index >= 15 is 0 Å². The fraction of sp³-hybridized carbons (Fsp3) is 0.471. The molecule has 0 bridgehead atoms. The van der Waals surface area contributed by atoms with Crippen LogP contribution in [0.1, 0.15) is 12.0 Å². The lowest BCUT2D eigenvalue weighted by molar-refractivity contribution is -0.144. The van der Waals surface area contributed by atoms with Crippen LogP contribution in [0.4, 0.5) is 0 Å². The number of nitrogens with zero attached hydrogens (tertiary/aromatic N) is 1. The predicted molar refractivity (Wildman–Crippen MR) is 90.4 cm³/mol. The van der Waals surface area contributed by atoms with E-state index < -0.39 is 6.04 Å². The van der Waals surface area contributed by atoms with Gasteiger partial charge in [0.2, 0.25) is 17.7 Å². The van der Waals surface area contributed by atoms with Crippen LogP contribution in [0.25, 0.3) is 0 Å². The Kier molecular flexibility index (Phi) is 6.21. The molecule has 1 aliphatic rings. The lowest BCUT2D eigenvalue weighted by atomic mass is 10.0. The molecule has 136 valence electrons. The third-order valence-corrected chi connectivity index (χ3v) is 4.14. The van der Waals surface area contributed by atoms with Gasteiger partial charge in [-0.15, -0.1) is 0 Å². The highest BCUT2D eigenvalue weighted by Gasteiger charge is 2.34. The van der Waals surface area contributed by atoms with Gasteiger partial charge in [-0.1, -0.05) is 6.07 Å². The zero-order valence-corrected chi connectivity index (χ0v) is 14.6. The first-order valence-corrected chi connectivity index (χ1v) is 7.98. The molecule has 1 saturated heterocycles. The van der Waals surface area contributed by atoms with Gasteiger partial charge in [-0.25, -0.2) is 0 Å². The number of carbonyl (C=O) groups excluding carboxylic acids is 3. The third-order valence-electron chi connectivity index (χ3n) is 4.14. The zero-order valence-electron chi connectivity index (χ0n) is 14.6. The number of carbonyl (C=O) groups is 3. The number of hydrogen-bond acceptors (Lipinski definition) is 5. The Balaban J connectivity index is 2.17. The van der Waals surface area contributed by atoms with E-state index in [4.69, 9.17) is 9.47 Å². The van der Waals surface area contributed by atoms with Crippen LogP contribution in [0.15, 0.2) is 18.2 Å². The summed E-state index contributed by atoms with van der Waals surface area (Å²) >= 11 is 0. The molecule has 2 rings (SSSR count). The van der Waals surface area contributed by atoms with Gasteiger partial charge in [0.25, 0.3) is 0 Å². The second kappa shape index (κ2) is 8.36. The Morgan fingerprint density at radius 3 is 2.72 bits per heavy atom. The van der Waals surface area contributed by atoms with E-state index in [1.807, 2.05) is 0 Å². The number of hydrogen-bond donors (Lipinski definition) is 2. The highest BCUT2D eigenvalue weighted by Crippen LogP contribution is 2.25. The highest BCUT2D eigenvalue weighted by atomic mass is 16.5. The first-order chi connectivity index (χ1) is 12.0. The normalized spacial score (nSPS) is 16.8. The number of ether oxygens (including phenoxy) is 2. The fourth-order valence-corrected chi connectivity index (χ4v) is 2.76. The number of rotatable bonds is 6. The molecule has 0 saturated carbocycles. The Labute approximate surface area is 146 Å². The molecule has 0 aromatic heterocycles. The quantitative estimate of drug-likeness (QED) is 0.736. The Bertz CT molecular complexity index is 662. The molecular formula is C17H23N3O5. The zero-order chi connectivity index (χ0) is 18.4. The van der Waals surface area contributed by atoms with Crippen LogP contribution in [-0.4, -0.2) is 63.0 Å². The van der Waals surface area contributed by atoms with Crippen molar-refractivity contribution in [2.24, 2.45) is 0 Å². The van der Waals surface area contributed by atoms with Crippen molar-refractivity contribution in [2.75, 3.05) is 34.4 Å².